The molecule has 3 rings (SSSR count). The van der Waals surface area contributed by atoms with Crippen molar-refractivity contribution < 1.29 is 23.8 Å². The molecule has 1 atom stereocenters. The Morgan fingerprint density at radius 1 is 1.16 bits per heavy atom. The summed E-state index contributed by atoms with van der Waals surface area (Å²) in [6, 6.07) is 14.2. The standard InChI is InChI=1S/C24H24N2O5/c1-29-19-10-11-22(30-2)20(14-19)21-4-3-13-26(21)23(27)16-31-24(28)12-9-17-5-7-18(15-25)8-6-17/h5-12,14,21H,3-4,13,16H2,1-2H3/b12-9+/t21-/m0/s1. The first-order valence-electron chi connectivity index (χ1n) is 9.92. The fraction of sp³-hybridized carbons (Fsp3) is 0.292. The molecule has 2 aromatic carbocycles. The molecule has 0 saturated carbocycles. The highest BCUT2D eigenvalue weighted by Crippen LogP contribution is 2.38. The van der Waals surface area contributed by atoms with E-state index in [0.29, 0.717) is 23.6 Å². The Bertz CT molecular complexity index is 1010. The zero-order valence-corrected chi connectivity index (χ0v) is 17.5. The van der Waals surface area contributed by atoms with Gasteiger partial charge in [0.15, 0.2) is 6.61 Å². The molecule has 31 heavy (non-hydrogen) atoms. The van der Waals surface area contributed by atoms with Gasteiger partial charge in [-0.1, -0.05) is 12.1 Å². The van der Waals surface area contributed by atoms with Gasteiger partial charge in [0, 0.05) is 18.2 Å². The molecule has 0 aromatic heterocycles. The fourth-order valence-corrected chi connectivity index (χ4v) is 3.59. The minimum absolute atomic E-state index is 0.162. The lowest BCUT2D eigenvalue weighted by Gasteiger charge is -2.26. The first-order valence-corrected chi connectivity index (χ1v) is 9.92. The Labute approximate surface area is 181 Å². The number of amides is 1. The number of carbonyl (C=O) groups is 2. The smallest absolute Gasteiger partial charge is 0.331 e. The average molecular weight is 420 g/mol. The van der Waals surface area contributed by atoms with Crippen LogP contribution in [0.1, 0.15) is 35.6 Å². The van der Waals surface area contributed by atoms with Crippen molar-refractivity contribution in [3.63, 3.8) is 0 Å². The Kier molecular flexibility index (Phi) is 7.28. The monoisotopic (exact) mass is 420 g/mol. The second kappa shape index (κ2) is 10.3. The SMILES string of the molecule is COc1ccc(OC)c([C@@H]2CCCN2C(=O)COC(=O)/C=C/c2ccc(C#N)cc2)c1. The third-order valence-electron chi connectivity index (χ3n) is 5.16. The quantitative estimate of drug-likeness (QED) is 0.503. The van der Waals surface area contributed by atoms with E-state index in [1.165, 1.54) is 6.08 Å². The number of esters is 1. The number of nitrogens with zero attached hydrogens (tertiary/aromatic N) is 2. The molecule has 1 amide bonds. The van der Waals surface area contributed by atoms with E-state index in [4.69, 9.17) is 19.5 Å². The van der Waals surface area contributed by atoms with Crippen LogP contribution in [0.25, 0.3) is 6.08 Å². The summed E-state index contributed by atoms with van der Waals surface area (Å²) in [5, 5.41) is 8.81. The Morgan fingerprint density at radius 3 is 2.61 bits per heavy atom. The van der Waals surface area contributed by atoms with Crippen molar-refractivity contribution in [3.05, 3.63) is 65.2 Å². The number of methoxy groups -OCH3 is 2. The molecule has 160 valence electrons. The molecule has 0 radical (unpaired) electrons. The van der Waals surface area contributed by atoms with Crippen LogP contribution in [0.3, 0.4) is 0 Å². The molecule has 0 N–H and O–H groups in total. The number of carbonyl (C=O) groups excluding carboxylic acids is 2. The normalized spacial score (nSPS) is 15.5. The molecule has 1 aliphatic heterocycles. The van der Waals surface area contributed by atoms with Gasteiger partial charge in [0.1, 0.15) is 11.5 Å². The Balaban J connectivity index is 1.61. The van der Waals surface area contributed by atoms with Crippen molar-refractivity contribution in [1.82, 2.24) is 4.90 Å². The van der Waals surface area contributed by atoms with Gasteiger partial charge in [0.25, 0.3) is 5.91 Å². The van der Waals surface area contributed by atoms with E-state index < -0.39 is 5.97 Å². The van der Waals surface area contributed by atoms with E-state index in [2.05, 4.69) is 0 Å². The lowest BCUT2D eigenvalue weighted by Crippen LogP contribution is -2.34. The first-order chi connectivity index (χ1) is 15.0. The van der Waals surface area contributed by atoms with Gasteiger partial charge in [-0.25, -0.2) is 4.79 Å². The van der Waals surface area contributed by atoms with Crippen LogP contribution >= 0.6 is 0 Å². The summed E-state index contributed by atoms with van der Waals surface area (Å²) in [7, 11) is 3.18. The lowest BCUT2D eigenvalue weighted by molar-refractivity contribution is -0.148. The largest absolute Gasteiger partial charge is 0.497 e. The highest BCUT2D eigenvalue weighted by molar-refractivity contribution is 5.89. The molecule has 1 heterocycles. The zero-order valence-electron chi connectivity index (χ0n) is 17.5. The topological polar surface area (TPSA) is 88.9 Å². The second-order valence-electron chi connectivity index (χ2n) is 7.03. The predicted molar refractivity (Wildman–Crippen MR) is 114 cm³/mol. The van der Waals surface area contributed by atoms with E-state index in [1.54, 1.807) is 49.5 Å². The van der Waals surface area contributed by atoms with Gasteiger partial charge in [0.05, 0.1) is 31.9 Å². The van der Waals surface area contributed by atoms with Gasteiger partial charge in [-0.3, -0.25) is 4.79 Å². The fourth-order valence-electron chi connectivity index (χ4n) is 3.59. The van der Waals surface area contributed by atoms with Crippen LogP contribution < -0.4 is 9.47 Å². The van der Waals surface area contributed by atoms with Crippen LogP contribution in [0.5, 0.6) is 11.5 Å². The van der Waals surface area contributed by atoms with Crippen molar-refractivity contribution in [2.24, 2.45) is 0 Å². The van der Waals surface area contributed by atoms with Crippen LogP contribution in [-0.2, 0) is 14.3 Å². The molecule has 0 aliphatic carbocycles. The summed E-state index contributed by atoms with van der Waals surface area (Å²) < 4.78 is 15.9. The average Bonchev–Trinajstić information content (AvgIpc) is 3.31. The number of nitriles is 1. The van der Waals surface area contributed by atoms with E-state index in [-0.39, 0.29) is 18.6 Å². The van der Waals surface area contributed by atoms with Crippen LogP contribution in [0.15, 0.2) is 48.5 Å². The minimum Gasteiger partial charge on any atom is -0.497 e. The summed E-state index contributed by atoms with van der Waals surface area (Å²) in [4.78, 5) is 26.5. The van der Waals surface area contributed by atoms with E-state index >= 15 is 0 Å². The summed E-state index contributed by atoms with van der Waals surface area (Å²) in [5.74, 6) is 0.516. The van der Waals surface area contributed by atoms with Crippen LogP contribution in [0, 0.1) is 11.3 Å². The maximum atomic E-state index is 12.8. The summed E-state index contributed by atoms with van der Waals surface area (Å²) >= 11 is 0. The molecule has 7 heteroatoms. The van der Waals surface area contributed by atoms with Crippen molar-refractivity contribution in [3.8, 4) is 17.6 Å². The molecular formula is C24H24N2O5. The molecule has 7 nitrogen and oxygen atoms in total. The highest BCUT2D eigenvalue weighted by atomic mass is 16.5. The van der Waals surface area contributed by atoms with Gasteiger partial charge in [-0.2, -0.15) is 5.26 Å². The minimum atomic E-state index is -0.604. The number of likely N-dealkylation sites (tertiary alicyclic amines) is 1. The number of ether oxygens (including phenoxy) is 3. The lowest BCUT2D eigenvalue weighted by atomic mass is 10.0. The van der Waals surface area contributed by atoms with Gasteiger partial charge in [-0.15, -0.1) is 0 Å². The summed E-state index contributed by atoms with van der Waals surface area (Å²) in [5.41, 5.74) is 2.17. The summed E-state index contributed by atoms with van der Waals surface area (Å²) in [6.07, 6.45) is 4.49. The van der Waals surface area contributed by atoms with Gasteiger partial charge < -0.3 is 19.1 Å². The number of hydrogen-bond donors (Lipinski definition) is 0. The molecule has 0 unspecified atom stereocenters. The third-order valence-corrected chi connectivity index (χ3v) is 5.16. The number of benzene rings is 2. The molecule has 1 saturated heterocycles. The molecular weight excluding hydrogens is 396 g/mol. The Hall–Kier alpha value is -3.79. The van der Waals surface area contributed by atoms with Crippen molar-refractivity contribution in [1.29, 1.82) is 5.26 Å². The first kappa shape index (κ1) is 21.9. The van der Waals surface area contributed by atoms with Crippen LogP contribution in [0.2, 0.25) is 0 Å². The number of hydrogen-bond acceptors (Lipinski definition) is 6. The molecule has 1 fully saturated rings. The van der Waals surface area contributed by atoms with Gasteiger partial charge in [0.2, 0.25) is 0 Å². The Morgan fingerprint density at radius 2 is 1.94 bits per heavy atom. The second-order valence-corrected chi connectivity index (χ2v) is 7.03. The van der Waals surface area contributed by atoms with Crippen molar-refractivity contribution in [2.45, 2.75) is 18.9 Å². The predicted octanol–water partition coefficient (Wildman–Crippen LogP) is 3.50. The van der Waals surface area contributed by atoms with Gasteiger partial charge in [-0.05, 0) is 54.8 Å². The molecule has 1 aliphatic rings. The van der Waals surface area contributed by atoms with E-state index in [0.717, 1.165) is 24.0 Å². The van der Waals surface area contributed by atoms with E-state index in [1.807, 2.05) is 24.3 Å². The zero-order chi connectivity index (χ0) is 22.2. The maximum absolute atomic E-state index is 12.8. The van der Waals surface area contributed by atoms with Crippen LogP contribution in [0.4, 0.5) is 0 Å². The van der Waals surface area contributed by atoms with Gasteiger partial charge >= 0.3 is 5.97 Å². The van der Waals surface area contributed by atoms with Crippen molar-refractivity contribution in [2.75, 3.05) is 27.4 Å². The molecule has 0 spiro atoms. The molecule has 2 aromatic rings. The van der Waals surface area contributed by atoms with Crippen molar-refractivity contribution >= 4 is 18.0 Å². The third kappa shape index (κ3) is 5.43. The highest BCUT2D eigenvalue weighted by Gasteiger charge is 2.32. The molecule has 0 bridgehead atoms. The van der Waals surface area contributed by atoms with Crippen LogP contribution in [-0.4, -0.2) is 44.1 Å². The number of rotatable bonds is 7. The maximum Gasteiger partial charge on any atom is 0.331 e. The summed E-state index contributed by atoms with van der Waals surface area (Å²) in [6.45, 7) is 0.252. The van der Waals surface area contributed by atoms with E-state index in [9.17, 15) is 9.59 Å².